The summed E-state index contributed by atoms with van der Waals surface area (Å²) in [6.45, 7) is 2.74. The number of nitrogen functional groups attached to an aromatic ring is 1. The lowest BCUT2D eigenvalue weighted by Gasteiger charge is -2.33. The summed E-state index contributed by atoms with van der Waals surface area (Å²) < 4.78 is 13.0. The Morgan fingerprint density at radius 1 is 1.43 bits per heavy atom. The van der Waals surface area contributed by atoms with Crippen molar-refractivity contribution in [3.8, 4) is 0 Å². The molecule has 0 radical (unpaired) electrons. The Kier molecular flexibility index (Phi) is 2.55. The molecular weight excluding hydrogens is 274 g/mol. The molecular formula is C13H15N5O3. The number of imidazole rings is 1. The number of carbonyl (C=O) groups excluding carboxylic acids is 1. The summed E-state index contributed by atoms with van der Waals surface area (Å²) >= 11 is 0. The van der Waals surface area contributed by atoms with Crippen LogP contribution in [-0.4, -0.2) is 50.7 Å². The van der Waals surface area contributed by atoms with Crippen LogP contribution in [0, 0.1) is 0 Å². The fraction of sp³-hybridized carbons (Fsp3) is 0.462. The summed E-state index contributed by atoms with van der Waals surface area (Å²) in [5, 5.41) is 0. The number of anilines is 1. The standard InChI is InChI=1S/C13H15N5O3/c1-7-9-6-20-10(5-18(9)13(19)21-7)12-16-4-8-11(14)15-2-3-17(8)12/h2-4,7,9-10H,5-6H2,1H3,(H2,14,15)/t7?,9-,10+/m0/s1. The molecule has 2 aromatic heterocycles. The van der Waals surface area contributed by atoms with Gasteiger partial charge in [0.15, 0.2) is 0 Å². The van der Waals surface area contributed by atoms with E-state index >= 15 is 0 Å². The Morgan fingerprint density at radius 3 is 3.14 bits per heavy atom. The lowest BCUT2D eigenvalue weighted by Crippen LogP contribution is -2.47. The Bertz CT molecular complexity index is 715. The first-order valence-electron chi connectivity index (χ1n) is 6.81. The highest BCUT2D eigenvalue weighted by Crippen LogP contribution is 2.31. The number of aromatic nitrogens is 3. The highest BCUT2D eigenvalue weighted by molar-refractivity contribution is 5.71. The van der Waals surface area contributed by atoms with E-state index in [-0.39, 0.29) is 24.3 Å². The predicted molar refractivity (Wildman–Crippen MR) is 72.5 cm³/mol. The quantitative estimate of drug-likeness (QED) is 0.825. The Hall–Kier alpha value is -2.35. The van der Waals surface area contributed by atoms with Gasteiger partial charge in [-0.15, -0.1) is 0 Å². The zero-order valence-corrected chi connectivity index (χ0v) is 11.5. The summed E-state index contributed by atoms with van der Waals surface area (Å²) in [5.41, 5.74) is 6.56. The molecule has 1 amide bonds. The van der Waals surface area contributed by atoms with Crippen LogP contribution < -0.4 is 5.73 Å². The Labute approximate surface area is 120 Å². The molecule has 8 heteroatoms. The molecule has 0 aliphatic carbocycles. The maximum atomic E-state index is 11.8. The van der Waals surface area contributed by atoms with Crippen LogP contribution in [0.4, 0.5) is 10.6 Å². The average Bonchev–Trinajstić information content (AvgIpc) is 3.02. The van der Waals surface area contributed by atoms with Gasteiger partial charge in [-0.2, -0.15) is 0 Å². The van der Waals surface area contributed by atoms with E-state index in [0.29, 0.717) is 24.8 Å². The summed E-state index contributed by atoms with van der Waals surface area (Å²) in [4.78, 5) is 22.0. The predicted octanol–water partition coefficient (Wildman–Crippen LogP) is 0.592. The topological polar surface area (TPSA) is 95.0 Å². The van der Waals surface area contributed by atoms with Gasteiger partial charge in [0.05, 0.1) is 25.4 Å². The van der Waals surface area contributed by atoms with E-state index in [9.17, 15) is 4.79 Å². The molecule has 0 spiro atoms. The summed E-state index contributed by atoms with van der Waals surface area (Å²) in [6, 6.07) is -0.0216. The molecule has 4 heterocycles. The van der Waals surface area contributed by atoms with E-state index < -0.39 is 0 Å². The number of hydrogen-bond acceptors (Lipinski definition) is 6. The molecule has 0 saturated carbocycles. The van der Waals surface area contributed by atoms with Crippen molar-refractivity contribution >= 4 is 17.4 Å². The van der Waals surface area contributed by atoms with Crippen LogP contribution in [0.25, 0.3) is 5.52 Å². The smallest absolute Gasteiger partial charge is 0.410 e. The van der Waals surface area contributed by atoms with Crippen LogP contribution in [-0.2, 0) is 9.47 Å². The Balaban J connectivity index is 1.68. The van der Waals surface area contributed by atoms with Crippen LogP contribution in [0.2, 0.25) is 0 Å². The van der Waals surface area contributed by atoms with Gasteiger partial charge in [0.2, 0.25) is 0 Å². The van der Waals surface area contributed by atoms with Gasteiger partial charge in [-0.3, -0.25) is 9.30 Å². The van der Waals surface area contributed by atoms with E-state index in [1.165, 1.54) is 0 Å². The van der Waals surface area contributed by atoms with Crippen molar-refractivity contribution < 1.29 is 14.3 Å². The lowest BCUT2D eigenvalue weighted by molar-refractivity contribution is -0.0470. The minimum atomic E-state index is -0.302. The molecule has 2 saturated heterocycles. The zero-order valence-electron chi connectivity index (χ0n) is 11.5. The maximum absolute atomic E-state index is 11.8. The second-order valence-corrected chi connectivity index (χ2v) is 5.31. The summed E-state index contributed by atoms with van der Waals surface area (Å²) in [6.07, 6.45) is 4.33. The molecule has 21 heavy (non-hydrogen) atoms. The second-order valence-electron chi connectivity index (χ2n) is 5.31. The summed E-state index contributed by atoms with van der Waals surface area (Å²) in [7, 11) is 0. The number of amides is 1. The minimum absolute atomic E-state index is 0.0216. The highest BCUT2D eigenvalue weighted by Gasteiger charge is 2.44. The van der Waals surface area contributed by atoms with Crippen molar-refractivity contribution in [3.63, 3.8) is 0 Å². The molecule has 2 N–H and O–H groups in total. The molecule has 2 aliphatic heterocycles. The third kappa shape index (κ3) is 1.75. The Morgan fingerprint density at radius 2 is 2.29 bits per heavy atom. The van der Waals surface area contributed by atoms with Gasteiger partial charge in [0.1, 0.15) is 29.4 Å². The normalized spacial score (nSPS) is 28.7. The maximum Gasteiger partial charge on any atom is 0.410 e. The minimum Gasteiger partial charge on any atom is -0.444 e. The van der Waals surface area contributed by atoms with Crippen molar-refractivity contribution in [1.29, 1.82) is 0 Å². The van der Waals surface area contributed by atoms with Crippen LogP contribution in [0.15, 0.2) is 18.6 Å². The van der Waals surface area contributed by atoms with Crippen LogP contribution in [0.1, 0.15) is 18.9 Å². The fourth-order valence-corrected chi connectivity index (χ4v) is 2.94. The van der Waals surface area contributed by atoms with Crippen LogP contribution in [0.5, 0.6) is 0 Å². The molecule has 2 aromatic rings. The first-order valence-corrected chi connectivity index (χ1v) is 6.81. The number of nitrogens with two attached hydrogens (primary N) is 1. The molecule has 0 bridgehead atoms. The highest BCUT2D eigenvalue weighted by atomic mass is 16.6. The number of cyclic esters (lactones) is 1. The number of fused-ring (bicyclic) bond motifs is 2. The molecule has 3 atom stereocenters. The van der Waals surface area contributed by atoms with Crippen LogP contribution in [0.3, 0.4) is 0 Å². The number of rotatable bonds is 1. The summed E-state index contributed by atoms with van der Waals surface area (Å²) in [5.74, 6) is 1.13. The number of carbonyl (C=O) groups is 1. The van der Waals surface area contributed by atoms with Gasteiger partial charge < -0.3 is 15.2 Å². The van der Waals surface area contributed by atoms with Crippen molar-refractivity contribution in [3.05, 3.63) is 24.4 Å². The van der Waals surface area contributed by atoms with Crippen molar-refractivity contribution in [1.82, 2.24) is 19.3 Å². The number of nitrogens with zero attached hydrogens (tertiary/aromatic N) is 4. The molecule has 0 aromatic carbocycles. The van der Waals surface area contributed by atoms with Gasteiger partial charge in [-0.1, -0.05) is 0 Å². The van der Waals surface area contributed by atoms with Crippen molar-refractivity contribution in [2.45, 2.75) is 25.2 Å². The van der Waals surface area contributed by atoms with Gasteiger partial charge in [-0.25, -0.2) is 14.8 Å². The van der Waals surface area contributed by atoms with Crippen molar-refractivity contribution in [2.75, 3.05) is 18.9 Å². The third-order valence-corrected chi connectivity index (χ3v) is 4.10. The van der Waals surface area contributed by atoms with E-state index in [1.54, 1.807) is 23.5 Å². The average molecular weight is 289 g/mol. The zero-order chi connectivity index (χ0) is 14.6. The van der Waals surface area contributed by atoms with E-state index in [1.807, 2.05) is 11.3 Å². The second kappa shape index (κ2) is 4.32. The monoisotopic (exact) mass is 289 g/mol. The fourth-order valence-electron chi connectivity index (χ4n) is 2.94. The SMILES string of the molecule is CC1OC(=O)N2C[C@H](c3ncc4c(N)nccn34)OC[C@@H]12. The molecule has 4 rings (SSSR count). The number of hydrogen-bond donors (Lipinski definition) is 1. The molecule has 2 aliphatic rings. The van der Waals surface area contributed by atoms with Gasteiger partial charge >= 0.3 is 6.09 Å². The van der Waals surface area contributed by atoms with Gasteiger partial charge in [-0.05, 0) is 6.92 Å². The van der Waals surface area contributed by atoms with Gasteiger partial charge in [0, 0.05) is 12.4 Å². The molecule has 1 unspecified atom stereocenters. The third-order valence-electron chi connectivity index (χ3n) is 4.10. The molecule has 110 valence electrons. The van der Waals surface area contributed by atoms with Crippen LogP contribution >= 0.6 is 0 Å². The van der Waals surface area contributed by atoms with E-state index in [4.69, 9.17) is 15.2 Å². The number of morpholine rings is 1. The van der Waals surface area contributed by atoms with E-state index in [2.05, 4.69) is 9.97 Å². The largest absolute Gasteiger partial charge is 0.444 e. The number of ether oxygens (including phenoxy) is 2. The molecule has 2 fully saturated rings. The lowest BCUT2D eigenvalue weighted by atomic mass is 10.1. The van der Waals surface area contributed by atoms with E-state index in [0.717, 1.165) is 5.52 Å². The van der Waals surface area contributed by atoms with Crippen molar-refractivity contribution in [2.24, 2.45) is 0 Å². The van der Waals surface area contributed by atoms with Gasteiger partial charge in [0.25, 0.3) is 0 Å². The first-order chi connectivity index (χ1) is 10.1. The molecule has 8 nitrogen and oxygen atoms in total. The first kappa shape index (κ1) is 12.4.